The third kappa shape index (κ3) is 2.47. The summed E-state index contributed by atoms with van der Waals surface area (Å²) in [6, 6.07) is 0. The van der Waals surface area contributed by atoms with E-state index in [9.17, 15) is 4.79 Å². The van der Waals surface area contributed by atoms with Crippen LogP contribution in [-0.4, -0.2) is 20.4 Å². The maximum Gasteiger partial charge on any atom is 0.315 e. The molecule has 0 aromatic carbocycles. The van der Waals surface area contributed by atoms with Crippen LogP contribution >= 0.6 is 23.2 Å². The number of esters is 1. The monoisotopic (exact) mass is 292 g/mol. The van der Waals surface area contributed by atoms with Gasteiger partial charge in [0.05, 0.1) is 0 Å². The molecule has 1 aliphatic carbocycles. The smallest absolute Gasteiger partial charge is 0.315 e. The number of alkyl halides is 2. The first-order chi connectivity index (χ1) is 8.39. The zero-order valence-corrected chi connectivity index (χ0v) is 11.7. The number of aromatic nitrogens is 2. The fraction of sp³-hybridized carbons (Fsp3) is 0.727. The molecule has 0 N–H and O–H groups in total. The standard InChI is InChI=1S/C11H14Cl2N2O3/c1-3-4-7-14-8(18-15-7)5-17-9(16)10(2)6-11(10,12)13/h3-6H2,1-2H3. The van der Waals surface area contributed by atoms with Gasteiger partial charge in [-0.2, -0.15) is 4.98 Å². The van der Waals surface area contributed by atoms with Crippen LogP contribution in [-0.2, 0) is 22.6 Å². The summed E-state index contributed by atoms with van der Waals surface area (Å²) in [5, 5.41) is 3.76. The van der Waals surface area contributed by atoms with E-state index in [0.29, 0.717) is 12.2 Å². The molecule has 1 atom stereocenters. The Hall–Kier alpha value is -0.810. The summed E-state index contributed by atoms with van der Waals surface area (Å²) in [5.41, 5.74) is -0.831. The SMILES string of the molecule is CCCc1noc(COC(=O)C2(C)CC2(Cl)Cl)n1. The second-order valence-electron chi connectivity index (χ2n) is 4.64. The summed E-state index contributed by atoms with van der Waals surface area (Å²) in [4.78, 5) is 15.9. The van der Waals surface area contributed by atoms with Gasteiger partial charge in [0.2, 0.25) is 0 Å². The Balaban J connectivity index is 1.86. The van der Waals surface area contributed by atoms with E-state index >= 15 is 0 Å². The molecule has 0 bridgehead atoms. The van der Waals surface area contributed by atoms with Crippen molar-refractivity contribution < 1.29 is 14.1 Å². The molecule has 2 rings (SSSR count). The van der Waals surface area contributed by atoms with Gasteiger partial charge in [-0.3, -0.25) is 4.79 Å². The summed E-state index contributed by atoms with van der Waals surface area (Å²) in [7, 11) is 0. The van der Waals surface area contributed by atoms with Crippen molar-refractivity contribution in [2.75, 3.05) is 0 Å². The molecule has 1 heterocycles. The predicted molar refractivity (Wildman–Crippen MR) is 65.3 cm³/mol. The molecule has 0 saturated heterocycles. The van der Waals surface area contributed by atoms with Gasteiger partial charge in [-0.05, 0) is 13.3 Å². The predicted octanol–water partition coefficient (Wildman–Crippen LogP) is 2.65. The summed E-state index contributed by atoms with van der Waals surface area (Å²) in [6.45, 7) is 3.64. The van der Waals surface area contributed by atoms with Gasteiger partial charge in [-0.15, -0.1) is 23.2 Å². The first-order valence-corrected chi connectivity index (χ1v) is 6.51. The van der Waals surface area contributed by atoms with Crippen molar-refractivity contribution in [1.82, 2.24) is 10.1 Å². The highest BCUT2D eigenvalue weighted by Crippen LogP contribution is 2.64. The van der Waals surface area contributed by atoms with E-state index in [4.69, 9.17) is 32.5 Å². The molecular weight excluding hydrogens is 279 g/mol. The molecule has 1 aliphatic rings. The lowest BCUT2D eigenvalue weighted by Gasteiger charge is -2.09. The van der Waals surface area contributed by atoms with Crippen molar-refractivity contribution in [2.45, 2.75) is 44.1 Å². The second-order valence-corrected chi connectivity index (χ2v) is 6.13. The minimum Gasteiger partial charge on any atom is -0.455 e. The van der Waals surface area contributed by atoms with Crippen molar-refractivity contribution in [3.05, 3.63) is 11.7 Å². The lowest BCUT2D eigenvalue weighted by Crippen LogP contribution is -2.21. The highest BCUT2D eigenvalue weighted by Gasteiger charge is 2.69. The van der Waals surface area contributed by atoms with Crippen LogP contribution in [0.1, 0.15) is 38.4 Å². The van der Waals surface area contributed by atoms with Crippen molar-refractivity contribution in [2.24, 2.45) is 5.41 Å². The van der Waals surface area contributed by atoms with E-state index in [1.165, 1.54) is 0 Å². The molecule has 1 saturated carbocycles. The number of ether oxygens (including phenoxy) is 1. The molecule has 0 amide bonds. The molecule has 7 heteroatoms. The van der Waals surface area contributed by atoms with Gasteiger partial charge in [-0.25, -0.2) is 0 Å². The Bertz CT molecular complexity index is 461. The average molecular weight is 293 g/mol. The van der Waals surface area contributed by atoms with E-state index in [1.807, 2.05) is 6.92 Å². The molecule has 1 aromatic rings. The highest BCUT2D eigenvalue weighted by atomic mass is 35.5. The number of aryl methyl sites for hydroxylation is 1. The van der Waals surface area contributed by atoms with Crippen LogP contribution in [0.5, 0.6) is 0 Å². The number of halogens is 2. The molecule has 1 aromatic heterocycles. The van der Waals surface area contributed by atoms with Gasteiger partial charge in [0.15, 0.2) is 12.4 Å². The Kier molecular flexibility index (Phi) is 3.56. The second kappa shape index (κ2) is 4.70. The Labute approximate surface area is 115 Å². The third-order valence-electron chi connectivity index (χ3n) is 3.02. The normalized spacial score (nSPS) is 24.9. The molecule has 5 nitrogen and oxygen atoms in total. The molecule has 0 spiro atoms. The van der Waals surface area contributed by atoms with Crippen LogP contribution in [0.3, 0.4) is 0 Å². The van der Waals surface area contributed by atoms with Crippen LogP contribution in [0.2, 0.25) is 0 Å². The number of hydrogen-bond acceptors (Lipinski definition) is 5. The van der Waals surface area contributed by atoms with Crippen LogP contribution in [0.25, 0.3) is 0 Å². The molecule has 18 heavy (non-hydrogen) atoms. The molecule has 0 aliphatic heterocycles. The van der Waals surface area contributed by atoms with E-state index in [1.54, 1.807) is 6.92 Å². The zero-order valence-electron chi connectivity index (χ0n) is 10.2. The maximum atomic E-state index is 11.8. The summed E-state index contributed by atoms with van der Waals surface area (Å²) >= 11 is 11.8. The number of carbonyl (C=O) groups excluding carboxylic acids is 1. The van der Waals surface area contributed by atoms with Crippen LogP contribution in [0, 0.1) is 5.41 Å². The van der Waals surface area contributed by atoms with Crippen LogP contribution in [0.4, 0.5) is 0 Å². The number of rotatable bonds is 5. The lowest BCUT2D eigenvalue weighted by molar-refractivity contribution is -0.151. The Morgan fingerprint density at radius 2 is 2.22 bits per heavy atom. The highest BCUT2D eigenvalue weighted by molar-refractivity contribution is 6.53. The van der Waals surface area contributed by atoms with Crippen molar-refractivity contribution in [3.8, 4) is 0 Å². The van der Waals surface area contributed by atoms with Gasteiger partial charge in [0.25, 0.3) is 5.89 Å². The van der Waals surface area contributed by atoms with Crippen molar-refractivity contribution in [3.63, 3.8) is 0 Å². The number of nitrogens with zero attached hydrogens (tertiary/aromatic N) is 2. The summed E-state index contributed by atoms with van der Waals surface area (Å²) in [5.74, 6) is 0.457. The Morgan fingerprint density at radius 1 is 1.56 bits per heavy atom. The van der Waals surface area contributed by atoms with Gasteiger partial charge in [-0.1, -0.05) is 12.1 Å². The van der Waals surface area contributed by atoms with Crippen molar-refractivity contribution in [1.29, 1.82) is 0 Å². The minimum absolute atomic E-state index is 0.0466. The fourth-order valence-corrected chi connectivity index (χ4v) is 2.27. The van der Waals surface area contributed by atoms with E-state index in [-0.39, 0.29) is 12.5 Å². The van der Waals surface area contributed by atoms with Crippen LogP contribution in [0.15, 0.2) is 4.52 Å². The first-order valence-electron chi connectivity index (χ1n) is 5.75. The minimum atomic E-state index is -1.02. The number of carbonyl (C=O) groups is 1. The van der Waals surface area contributed by atoms with E-state index < -0.39 is 15.7 Å². The number of hydrogen-bond donors (Lipinski definition) is 0. The lowest BCUT2D eigenvalue weighted by atomic mass is 10.1. The molecule has 100 valence electrons. The van der Waals surface area contributed by atoms with Crippen LogP contribution < -0.4 is 0 Å². The van der Waals surface area contributed by atoms with E-state index in [0.717, 1.165) is 12.8 Å². The third-order valence-corrected chi connectivity index (χ3v) is 4.12. The van der Waals surface area contributed by atoms with Gasteiger partial charge >= 0.3 is 5.97 Å². The van der Waals surface area contributed by atoms with Gasteiger partial charge in [0.1, 0.15) is 9.75 Å². The molecular formula is C11H14Cl2N2O3. The van der Waals surface area contributed by atoms with E-state index in [2.05, 4.69) is 10.1 Å². The first kappa shape index (κ1) is 13.6. The summed E-state index contributed by atoms with van der Waals surface area (Å²) in [6.07, 6.45) is 2.06. The Morgan fingerprint density at radius 3 is 2.78 bits per heavy atom. The summed E-state index contributed by atoms with van der Waals surface area (Å²) < 4.78 is 9.00. The average Bonchev–Trinajstić information content (AvgIpc) is 2.65. The van der Waals surface area contributed by atoms with Crippen molar-refractivity contribution >= 4 is 29.2 Å². The fourth-order valence-electron chi connectivity index (χ4n) is 1.58. The molecule has 1 unspecified atom stereocenters. The molecule has 1 fully saturated rings. The zero-order chi connectivity index (χ0) is 13.4. The topological polar surface area (TPSA) is 65.2 Å². The largest absolute Gasteiger partial charge is 0.455 e. The van der Waals surface area contributed by atoms with Gasteiger partial charge < -0.3 is 9.26 Å². The quantitative estimate of drug-likeness (QED) is 0.617. The molecule has 0 radical (unpaired) electrons. The van der Waals surface area contributed by atoms with Gasteiger partial charge in [0, 0.05) is 12.8 Å². The maximum absolute atomic E-state index is 11.8.